The van der Waals surface area contributed by atoms with E-state index in [1.165, 1.54) is 212 Å². The van der Waals surface area contributed by atoms with E-state index in [-0.39, 0.29) is 6.10 Å². The van der Waals surface area contributed by atoms with E-state index in [1.54, 1.807) is 0 Å². The molecule has 0 aliphatic carbocycles. The first kappa shape index (κ1) is 47.8. The average molecular weight is 681 g/mol. The largest absolute Gasteiger partial charge is 0.379 e. The molecule has 290 valence electrons. The molecular formula is C44H92N2O2. The number of rotatable bonds is 44. The van der Waals surface area contributed by atoms with E-state index < -0.39 is 0 Å². The van der Waals surface area contributed by atoms with Crippen LogP contribution in [0.1, 0.15) is 232 Å². The normalized spacial score (nSPS) is 12.3. The zero-order valence-corrected chi connectivity index (χ0v) is 33.7. The topological polar surface area (TPSA) is 42.5 Å². The SMILES string of the molecule is CCCCCCCCCCCCCCCCOCC(CCCCNCCCCCNC)OCCCCCCCCCCCCCCCC. The van der Waals surface area contributed by atoms with Crippen molar-refractivity contribution < 1.29 is 9.47 Å². The van der Waals surface area contributed by atoms with Gasteiger partial charge < -0.3 is 20.1 Å². The Labute approximate surface area is 304 Å². The molecule has 1 atom stereocenters. The van der Waals surface area contributed by atoms with Crippen LogP contribution in [0.3, 0.4) is 0 Å². The number of ether oxygens (including phenoxy) is 2. The molecule has 0 aliphatic heterocycles. The summed E-state index contributed by atoms with van der Waals surface area (Å²) in [6.45, 7) is 10.7. The predicted molar refractivity (Wildman–Crippen MR) is 216 cm³/mol. The van der Waals surface area contributed by atoms with Crippen molar-refractivity contribution in [3.8, 4) is 0 Å². The van der Waals surface area contributed by atoms with Gasteiger partial charge in [0, 0.05) is 13.2 Å². The third-order valence-electron chi connectivity index (χ3n) is 10.2. The molecule has 0 heterocycles. The quantitative estimate of drug-likeness (QED) is 0.0629. The lowest BCUT2D eigenvalue weighted by Crippen LogP contribution is -2.22. The average Bonchev–Trinajstić information content (AvgIpc) is 3.10. The third-order valence-corrected chi connectivity index (χ3v) is 10.2. The maximum Gasteiger partial charge on any atom is 0.0808 e. The van der Waals surface area contributed by atoms with Gasteiger partial charge in [-0.05, 0) is 71.6 Å². The number of hydrogen-bond donors (Lipinski definition) is 2. The van der Waals surface area contributed by atoms with Crippen molar-refractivity contribution in [2.24, 2.45) is 0 Å². The van der Waals surface area contributed by atoms with Gasteiger partial charge in [-0.15, -0.1) is 0 Å². The third kappa shape index (κ3) is 42.0. The lowest BCUT2D eigenvalue weighted by atomic mass is 10.0. The van der Waals surface area contributed by atoms with Gasteiger partial charge in [0.25, 0.3) is 0 Å². The minimum atomic E-state index is 0.278. The van der Waals surface area contributed by atoms with Crippen molar-refractivity contribution in [3.05, 3.63) is 0 Å². The summed E-state index contributed by atoms with van der Waals surface area (Å²) in [6.07, 6.45) is 47.2. The molecule has 48 heavy (non-hydrogen) atoms. The highest BCUT2D eigenvalue weighted by Gasteiger charge is 2.10. The van der Waals surface area contributed by atoms with Gasteiger partial charge in [0.15, 0.2) is 0 Å². The fraction of sp³-hybridized carbons (Fsp3) is 1.00. The molecule has 4 heteroatoms. The van der Waals surface area contributed by atoms with Crippen molar-refractivity contribution >= 4 is 0 Å². The molecule has 4 nitrogen and oxygen atoms in total. The second kappa shape index (κ2) is 44.9. The predicted octanol–water partition coefficient (Wildman–Crippen LogP) is 13.5. The Morgan fingerprint density at radius 2 is 0.729 bits per heavy atom. The fourth-order valence-corrected chi connectivity index (χ4v) is 6.85. The van der Waals surface area contributed by atoms with Crippen LogP contribution in [0.5, 0.6) is 0 Å². The first-order chi connectivity index (χ1) is 23.8. The summed E-state index contributed by atoms with van der Waals surface area (Å²) < 4.78 is 12.6. The molecule has 0 saturated carbocycles. The first-order valence-corrected chi connectivity index (χ1v) is 22.4. The second-order valence-electron chi connectivity index (χ2n) is 15.2. The molecule has 0 aliphatic rings. The summed E-state index contributed by atoms with van der Waals surface area (Å²) in [7, 11) is 2.04. The molecule has 0 saturated heterocycles. The van der Waals surface area contributed by atoms with E-state index in [1.807, 2.05) is 7.05 Å². The van der Waals surface area contributed by atoms with Gasteiger partial charge >= 0.3 is 0 Å². The van der Waals surface area contributed by atoms with Crippen LogP contribution >= 0.6 is 0 Å². The molecule has 0 amide bonds. The van der Waals surface area contributed by atoms with E-state index in [9.17, 15) is 0 Å². The molecule has 0 spiro atoms. The van der Waals surface area contributed by atoms with E-state index in [2.05, 4.69) is 24.5 Å². The van der Waals surface area contributed by atoms with Crippen molar-refractivity contribution in [3.63, 3.8) is 0 Å². The summed E-state index contributed by atoms with van der Waals surface area (Å²) in [4.78, 5) is 0. The fourth-order valence-electron chi connectivity index (χ4n) is 6.85. The van der Waals surface area contributed by atoms with Crippen LogP contribution in [0.2, 0.25) is 0 Å². The van der Waals surface area contributed by atoms with E-state index in [0.717, 1.165) is 45.9 Å². The number of unbranched alkanes of at least 4 members (excludes halogenated alkanes) is 29. The Bertz CT molecular complexity index is 546. The van der Waals surface area contributed by atoms with Crippen LogP contribution in [0, 0.1) is 0 Å². The maximum absolute atomic E-state index is 6.40. The molecule has 0 rings (SSSR count). The Kier molecular flexibility index (Phi) is 44.7. The van der Waals surface area contributed by atoms with Crippen LogP contribution in [0.15, 0.2) is 0 Å². The lowest BCUT2D eigenvalue weighted by molar-refractivity contribution is -0.0234. The molecule has 0 bridgehead atoms. The molecular weight excluding hydrogens is 588 g/mol. The van der Waals surface area contributed by atoms with Crippen LogP contribution in [-0.2, 0) is 9.47 Å². The molecule has 0 radical (unpaired) electrons. The summed E-state index contributed by atoms with van der Waals surface area (Å²) >= 11 is 0. The van der Waals surface area contributed by atoms with Crippen molar-refractivity contribution in [1.29, 1.82) is 0 Å². The first-order valence-electron chi connectivity index (χ1n) is 22.4. The van der Waals surface area contributed by atoms with Gasteiger partial charge in [0.05, 0.1) is 12.7 Å². The molecule has 0 aromatic heterocycles. The van der Waals surface area contributed by atoms with Gasteiger partial charge in [-0.3, -0.25) is 0 Å². The maximum atomic E-state index is 6.40. The minimum Gasteiger partial charge on any atom is -0.379 e. The molecule has 0 fully saturated rings. The zero-order chi connectivity index (χ0) is 34.7. The Morgan fingerprint density at radius 3 is 1.17 bits per heavy atom. The second-order valence-corrected chi connectivity index (χ2v) is 15.2. The van der Waals surface area contributed by atoms with Crippen LogP contribution in [0.25, 0.3) is 0 Å². The summed E-state index contributed by atoms with van der Waals surface area (Å²) in [5.74, 6) is 0. The van der Waals surface area contributed by atoms with Gasteiger partial charge in [-0.2, -0.15) is 0 Å². The zero-order valence-electron chi connectivity index (χ0n) is 33.7. The Balaban J connectivity index is 3.87. The van der Waals surface area contributed by atoms with Gasteiger partial charge in [0.1, 0.15) is 0 Å². The standard InChI is InChI=1S/C44H92N2O2/c1-4-6-8-10-12-14-16-18-20-22-24-26-28-35-41-47-43-44(37-31-34-40-46-39-33-30-32-38-45-3)48-42-36-29-27-25-23-21-19-17-15-13-11-9-7-5-2/h44-46H,4-43H2,1-3H3. The van der Waals surface area contributed by atoms with Crippen LogP contribution < -0.4 is 10.6 Å². The molecule has 1 unspecified atom stereocenters. The Morgan fingerprint density at radius 1 is 0.375 bits per heavy atom. The summed E-state index contributed by atoms with van der Waals surface area (Å²) in [5.41, 5.74) is 0. The van der Waals surface area contributed by atoms with E-state index >= 15 is 0 Å². The van der Waals surface area contributed by atoms with E-state index in [4.69, 9.17) is 9.47 Å². The monoisotopic (exact) mass is 681 g/mol. The minimum absolute atomic E-state index is 0.278. The smallest absolute Gasteiger partial charge is 0.0808 e. The van der Waals surface area contributed by atoms with Crippen molar-refractivity contribution in [2.75, 3.05) is 46.5 Å². The summed E-state index contributed by atoms with van der Waals surface area (Å²) in [5, 5.41) is 6.89. The Hall–Kier alpha value is -0.160. The molecule has 0 aromatic rings. The highest BCUT2D eigenvalue weighted by molar-refractivity contribution is 4.60. The summed E-state index contributed by atoms with van der Waals surface area (Å²) in [6, 6.07) is 0. The molecule has 0 aromatic carbocycles. The highest BCUT2D eigenvalue weighted by Crippen LogP contribution is 2.15. The van der Waals surface area contributed by atoms with Gasteiger partial charge in [-0.25, -0.2) is 0 Å². The highest BCUT2D eigenvalue weighted by atomic mass is 16.5. The lowest BCUT2D eigenvalue weighted by Gasteiger charge is -2.18. The van der Waals surface area contributed by atoms with Crippen LogP contribution in [0.4, 0.5) is 0 Å². The number of hydrogen-bond acceptors (Lipinski definition) is 4. The van der Waals surface area contributed by atoms with Gasteiger partial charge in [-0.1, -0.05) is 187 Å². The number of nitrogens with one attached hydrogen (secondary N) is 2. The van der Waals surface area contributed by atoms with Gasteiger partial charge in [0.2, 0.25) is 0 Å². The van der Waals surface area contributed by atoms with E-state index in [0.29, 0.717) is 0 Å². The molecule has 2 N–H and O–H groups in total. The van der Waals surface area contributed by atoms with Crippen LogP contribution in [-0.4, -0.2) is 52.6 Å². The van der Waals surface area contributed by atoms with Crippen molar-refractivity contribution in [2.45, 2.75) is 238 Å². The van der Waals surface area contributed by atoms with Crippen molar-refractivity contribution in [1.82, 2.24) is 10.6 Å².